The van der Waals surface area contributed by atoms with Crippen LogP contribution in [-0.4, -0.2) is 13.1 Å². The highest BCUT2D eigenvalue weighted by Crippen LogP contribution is 1.88. The van der Waals surface area contributed by atoms with Crippen LogP contribution in [0.15, 0.2) is 0 Å². The Bertz CT molecular complexity index is 174. The topological polar surface area (TPSA) is 20.2 Å². The first-order chi connectivity index (χ1) is 5.75. The summed E-state index contributed by atoms with van der Waals surface area (Å²) in [5.74, 6) is 0. The Kier molecular flexibility index (Phi) is 0.115. The van der Waals surface area contributed by atoms with Crippen molar-refractivity contribution in [2.45, 2.75) is 19.4 Å². The summed E-state index contributed by atoms with van der Waals surface area (Å²) in [5, 5.41) is 0. The maximum absolute atomic E-state index is 9.47. The lowest BCUT2D eigenvalue weighted by Gasteiger charge is -2.00. The molecular weight excluding hydrogens is 80.1 g/mol. The zero-order chi connectivity index (χ0) is 12.0. The Morgan fingerprint density at radius 2 is 2.00 bits per heavy atom. The molecule has 0 rings (SSSR count). The molecule has 0 atom stereocenters. The second-order valence-corrected chi connectivity index (χ2v) is 2.13. The maximum Gasteiger partial charge on any atom is 0.179 e. The average Bonchev–Trinajstić information content (AvgIpc) is 1.77. The Balaban J connectivity index is 5.54. The monoisotopic (exact) mass is 99.1 g/mol. The highest BCUT2D eigenvalue weighted by Gasteiger charge is 2.03. The van der Waals surface area contributed by atoms with Gasteiger partial charge < -0.3 is 4.80 Å². The van der Waals surface area contributed by atoms with E-state index in [0.29, 0.717) is 0 Å². The lowest BCUT2D eigenvalue weighted by atomic mass is 11.8. The van der Waals surface area contributed by atoms with E-state index in [2.05, 4.69) is 0 Å². The van der Waals surface area contributed by atoms with Crippen molar-refractivity contribution in [2.24, 2.45) is 0 Å². The summed E-state index contributed by atoms with van der Waals surface area (Å²) in [6.07, 6.45) is 0. The molecule has 1 nitrogen and oxygen atoms in total. The van der Waals surface area contributed by atoms with Gasteiger partial charge in [-0.1, -0.05) is 0 Å². The van der Waals surface area contributed by atoms with Crippen molar-refractivity contribution in [2.75, 3.05) is 0 Å². The van der Waals surface area contributed by atoms with Gasteiger partial charge in [-0.2, -0.15) is 0 Å². The molecule has 0 aromatic rings. The largest absolute Gasteiger partial charge is 0.433 e. The highest BCUT2D eigenvalue weighted by atomic mass is 28.4. The van der Waals surface area contributed by atoms with Gasteiger partial charge in [-0.25, -0.2) is 0 Å². The van der Waals surface area contributed by atoms with Crippen molar-refractivity contribution in [3.8, 4) is 0 Å². The van der Waals surface area contributed by atoms with Gasteiger partial charge in [0.2, 0.25) is 0 Å². The second-order valence-electron chi connectivity index (χ2n) is 0.710. The lowest BCUT2D eigenvalue weighted by molar-refractivity contribution is 0.561. The third-order valence-corrected chi connectivity index (χ3v) is 0. The van der Waals surface area contributed by atoms with Crippen LogP contribution in [0.5, 0.6) is 0 Å². The van der Waals surface area contributed by atoms with Crippen molar-refractivity contribution < 1.29 is 17.1 Å². The SMILES string of the molecule is [2H]C([2H])([2H])[Si](O)(C([2H])([2H])[2H])C([2H])([2H])[2H]. The Morgan fingerprint density at radius 3 is 2.00 bits per heavy atom. The quantitative estimate of drug-likeness (QED) is 0.446. The first-order valence-corrected chi connectivity index (χ1v) is 2.92. The molecule has 0 aliphatic carbocycles. The first kappa shape index (κ1) is 0.520. The molecule has 0 heterocycles. The Labute approximate surface area is 46.4 Å². The fourth-order valence-electron chi connectivity index (χ4n) is 0. The molecule has 0 unspecified atom stereocenters. The van der Waals surface area contributed by atoms with Crippen LogP contribution < -0.4 is 0 Å². The summed E-state index contributed by atoms with van der Waals surface area (Å²) in [4.78, 5) is 9.47. The molecule has 0 saturated carbocycles. The predicted octanol–water partition coefficient (Wildman–Crippen LogP) is 0.814. The van der Waals surface area contributed by atoms with E-state index in [9.17, 15) is 4.80 Å². The van der Waals surface area contributed by atoms with Crippen LogP contribution in [0, 0.1) is 0 Å². The standard InChI is InChI=1S/C3H10OSi/c1-5(2,3)4/h4H,1-3H3/i1D3,2D3,3D3. The smallest absolute Gasteiger partial charge is 0.179 e. The third-order valence-electron chi connectivity index (χ3n) is 0. The van der Waals surface area contributed by atoms with Crippen LogP contribution in [0.2, 0.25) is 19.4 Å². The van der Waals surface area contributed by atoms with E-state index >= 15 is 0 Å². The number of hydrogen-bond acceptors (Lipinski definition) is 1. The molecule has 0 aliphatic rings. The normalized spacial score (nSPS) is 46.2. The summed E-state index contributed by atoms with van der Waals surface area (Å²) in [7, 11) is -5.35. The molecule has 0 saturated heterocycles. The van der Waals surface area contributed by atoms with Crippen LogP contribution >= 0.6 is 0 Å². The minimum Gasteiger partial charge on any atom is -0.433 e. The van der Waals surface area contributed by atoms with Crippen LogP contribution in [0.3, 0.4) is 0 Å². The van der Waals surface area contributed by atoms with E-state index in [4.69, 9.17) is 12.3 Å². The summed E-state index contributed by atoms with van der Waals surface area (Å²) < 4.78 is 61.4. The molecule has 0 aromatic heterocycles. The van der Waals surface area contributed by atoms with Gasteiger partial charge in [-0.05, 0) is 19.4 Å². The third kappa shape index (κ3) is 633. The second kappa shape index (κ2) is 1.10. The minimum absolute atomic E-state index is 3.36. The van der Waals surface area contributed by atoms with E-state index in [1.165, 1.54) is 0 Å². The molecule has 0 radical (unpaired) electrons. The molecule has 0 bridgehead atoms. The van der Waals surface area contributed by atoms with Crippen LogP contribution in [-0.2, 0) is 0 Å². The Hall–Kier alpha value is 0.177. The van der Waals surface area contributed by atoms with E-state index in [1.807, 2.05) is 0 Å². The van der Waals surface area contributed by atoms with Crippen molar-refractivity contribution in [1.82, 2.24) is 0 Å². The van der Waals surface area contributed by atoms with Gasteiger partial charge in [0, 0.05) is 12.3 Å². The molecule has 2 heteroatoms. The summed E-state index contributed by atoms with van der Waals surface area (Å²) in [5.41, 5.74) is 0. The van der Waals surface area contributed by atoms with Crippen molar-refractivity contribution in [1.29, 1.82) is 0 Å². The molecule has 0 amide bonds. The molecule has 0 aromatic carbocycles. The zero-order valence-electron chi connectivity index (χ0n) is 11.4. The van der Waals surface area contributed by atoms with Gasteiger partial charge in [0.15, 0.2) is 8.32 Å². The molecule has 32 valence electrons. The summed E-state index contributed by atoms with van der Waals surface area (Å²) in [6, 6.07) is 0. The predicted molar refractivity (Wildman–Crippen MR) is 25.6 cm³/mol. The van der Waals surface area contributed by atoms with Gasteiger partial charge in [0.25, 0.3) is 0 Å². The van der Waals surface area contributed by atoms with Gasteiger partial charge in [0.05, 0.1) is 0 Å². The fourth-order valence-corrected chi connectivity index (χ4v) is 0. The molecule has 5 heavy (non-hydrogen) atoms. The number of rotatable bonds is 0. The van der Waals surface area contributed by atoms with Crippen LogP contribution in [0.4, 0.5) is 0 Å². The fraction of sp³-hybridized carbons (Fsp3) is 1.00. The minimum atomic E-state index is -5.35. The molecule has 0 spiro atoms. The van der Waals surface area contributed by atoms with Crippen LogP contribution in [0.25, 0.3) is 0 Å². The van der Waals surface area contributed by atoms with Gasteiger partial charge in [0.1, 0.15) is 0 Å². The summed E-state index contributed by atoms with van der Waals surface area (Å²) in [6.45, 7) is -10.1. The number of hydrogen-bond donors (Lipinski definition) is 1. The Morgan fingerprint density at radius 1 is 1.60 bits per heavy atom. The van der Waals surface area contributed by atoms with E-state index < -0.39 is 27.7 Å². The average molecular weight is 99.3 g/mol. The molecule has 0 aliphatic heterocycles. The maximum atomic E-state index is 9.47. The van der Waals surface area contributed by atoms with E-state index in [0.717, 1.165) is 0 Å². The van der Waals surface area contributed by atoms with Gasteiger partial charge >= 0.3 is 0 Å². The van der Waals surface area contributed by atoms with Gasteiger partial charge in [-0.15, -0.1) is 0 Å². The van der Waals surface area contributed by atoms with Crippen LogP contribution in [0.1, 0.15) is 12.3 Å². The summed E-state index contributed by atoms with van der Waals surface area (Å²) >= 11 is 0. The van der Waals surface area contributed by atoms with E-state index in [1.54, 1.807) is 0 Å². The highest BCUT2D eigenvalue weighted by molar-refractivity contribution is 6.68. The molecule has 1 N–H and O–H groups in total. The van der Waals surface area contributed by atoms with Crippen molar-refractivity contribution in [3.05, 3.63) is 0 Å². The molecular formula is C3H10OSi. The van der Waals surface area contributed by atoms with Crippen molar-refractivity contribution in [3.63, 3.8) is 0 Å². The molecule has 0 fully saturated rings. The first-order valence-electron chi connectivity index (χ1n) is 5.47. The van der Waals surface area contributed by atoms with Crippen molar-refractivity contribution >= 4 is 8.32 Å². The zero-order valence-corrected chi connectivity index (χ0v) is 3.45. The van der Waals surface area contributed by atoms with Gasteiger partial charge in [-0.3, -0.25) is 0 Å². The van der Waals surface area contributed by atoms with E-state index in [-0.39, 0.29) is 0 Å². The lowest BCUT2D eigenvalue weighted by Crippen LogP contribution is -2.17.